The Hall–Kier alpha value is -1.42. The molecule has 0 heterocycles. The lowest BCUT2D eigenvalue weighted by molar-refractivity contribution is 0.281. The van der Waals surface area contributed by atoms with Crippen LogP contribution in [-0.2, 0) is 10.2 Å². The van der Waals surface area contributed by atoms with E-state index in [1.54, 1.807) is 31.3 Å². The molecule has 1 N–H and O–H groups in total. The third kappa shape index (κ3) is 4.07. The Morgan fingerprint density at radius 3 is 2.36 bits per heavy atom. The summed E-state index contributed by atoms with van der Waals surface area (Å²) in [5.41, 5.74) is 1.41. The van der Waals surface area contributed by atoms with Gasteiger partial charge in [-0.05, 0) is 37.5 Å². The third-order valence-corrected chi connectivity index (χ3v) is 6.04. The van der Waals surface area contributed by atoms with Crippen molar-refractivity contribution in [3.05, 3.63) is 35.4 Å². The maximum atomic E-state index is 12.5. The van der Waals surface area contributed by atoms with Gasteiger partial charge in [0.1, 0.15) is 0 Å². The van der Waals surface area contributed by atoms with E-state index in [1.807, 2.05) is 6.92 Å². The van der Waals surface area contributed by atoms with Crippen molar-refractivity contribution in [2.45, 2.75) is 51.1 Å². The van der Waals surface area contributed by atoms with Crippen LogP contribution in [0.15, 0.2) is 24.3 Å². The molecule has 1 fully saturated rings. The van der Waals surface area contributed by atoms with E-state index in [0.29, 0.717) is 5.56 Å². The topological polar surface area (TPSA) is 73.2 Å². The molecule has 0 saturated heterocycles. The zero-order chi connectivity index (χ0) is 16.2. The van der Waals surface area contributed by atoms with Crippen molar-refractivity contribution in [1.29, 1.82) is 5.26 Å². The normalized spacial score (nSPS) is 18.1. The maximum absolute atomic E-state index is 12.5. The minimum atomic E-state index is -3.50. The highest BCUT2D eigenvalue weighted by atomic mass is 32.2. The smallest absolute Gasteiger partial charge is 0.195 e. The number of rotatable bonds is 5. The molecule has 5 nitrogen and oxygen atoms in total. The van der Waals surface area contributed by atoms with Crippen LogP contribution in [0.2, 0.25) is 0 Å². The molecule has 1 aromatic rings. The van der Waals surface area contributed by atoms with Gasteiger partial charge in [0.2, 0.25) is 0 Å². The van der Waals surface area contributed by atoms with E-state index in [1.165, 1.54) is 10.7 Å². The lowest BCUT2D eigenvalue weighted by atomic mass is 9.96. The zero-order valence-corrected chi connectivity index (χ0v) is 13.9. The highest BCUT2D eigenvalue weighted by molar-refractivity contribution is 7.87. The fourth-order valence-electron chi connectivity index (χ4n) is 2.86. The van der Waals surface area contributed by atoms with Crippen LogP contribution in [0.3, 0.4) is 0 Å². The van der Waals surface area contributed by atoms with Crippen LogP contribution < -0.4 is 4.72 Å². The SMILES string of the molecule is CC(NS(=O)(=O)N(C)C1CCCCC1)c1ccc(C#N)cc1. The minimum Gasteiger partial charge on any atom is -0.195 e. The highest BCUT2D eigenvalue weighted by Gasteiger charge is 2.28. The summed E-state index contributed by atoms with van der Waals surface area (Å²) in [7, 11) is -1.85. The molecule has 0 spiro atoms. The molecule has 1 atom stereocenters. The van der Waals surface area contributed by atoms with Crippen molar-refractivity contribution in [2.75, 3.05) is 7.05 Å². The van der Waals surface area contributed by atoms with Crippen LogP contribution in [-0.4, -0.2) is 25.8 Å². The van der Waals surface area contributed by atoms with Crippen molar-refractivity contribution >= 4 is 10.2 Å². The predicted molar refractivity (Wildman–Crippen MR) is 86.3 cm³/mol. The monoisotopic (exact) mass is 321 g/mol. The first kappa shape index (κ1) is 16.9. The number of hydrogen-bond donors (Lipinski definition) is 1. The van der Waals surface area contributed by atoms with Crippen molar-refractivity contribution in [3.63, 3.8) is 0 Å². The van der Waals surface area contributed by atoms with Crippen molar-refractivity contribution < 1.29 is 8.42 Å². The van der Waals surface area contributed by atoms with E-state index >= 15 is 0 Å². The molecule has 0 aromatic heterocycles. The van der Waals surface area contributed by atoms with Gasteiger partial charge in [0.25, 0.3) is 10.2 Å². The van der Waals surface area contributed by atoms with E-state index in [2.05, 4.69) is 10.8 Å². The van der Waals surface area contributed by atoms with Gasteiger partial charge in [0.05, 0.1) is 11.6 Å². The first-order valence-corrected chi connectivity index (χ1v) is 9.13. The standard InChI is InChI=1S/C16H23N3O2S/c1-13(15-10-8-14(12-17)9-11-15)18-22(20,21)19(2)16-6-4-3-5-7-16/h8-11,13,16,18H,3-7H2,1-2H3. The molecule has 2 rings (SSSR count). The second-order valence-corrected chi connectivity index (χ2v) is 7.65. The summed E-state index contributed by atoms with van der Waals surface area (Å²) in [6.45, 7) is 1.81. The molecule has 0 amide bonds. The van der Waals surface area contributed by atoms with Crippen molar-refractivity contribution in [2.24, 2.45) is 0 Å². The molecule has 120 valence electrons. The molecule has 0 radical (unpaired) electrons. The summed E-state index contributed by atoms with van der Waals surface area (Å²) >= 11 is 0. The van der Waals surface area contributed by atoms with Gasteiger partial charge in [0, 0.05) is 19.1 Å². The molecular weight excluding hydrogens is 298 g/mol. The highest BCUT2D eigenvalue weighted by Crippen LogP contribution is 2.24. The Bertz CT molecular complexity index is 628. The summed E-state index contributed by atoms with van der Waals surface area (Å²) in [6, 6.07) is 8.79. The summed E-state index contributed by atoms with van der Waals surface area (Å²) in [5.74, 6) is 0. The fourth-order valence-corrected chi connectivity index (χ4v) is 4.21. The predicted octanol–water partition coefficient (Wildman–Crippen LogP) is 2.72. The molecule has 1 aliphatic carbocycles. The Labute approximate surface area is 133 Å². The second-order valence-electron chi connectivity index (χ2n) is 5.89. The van der Waals surface area contributed by atoms with Gasteiger partial charge in [-0.15, -0.1) is 0 Å². The largest absolute Gasteiger partial charge is 0.279 e. The average Bonchev–Trinajstić information content (AvgIpc) is 2.54. The fraction of sp³-hybridized carbons (Fsp3) is 0.562. The first-order valence-electron chi connectivity index (χ1n) is 7.69. The molecule has 22 heavy (non-hydrogen) atoms. The first-order chi connectivity index (χ1) is 10.4. The van der Waals surface area contributed by atoms with E-state index < -0.39 is 10.2 Å². The van der Waals surface area contributed by atoms with Crippen LogP contribution in [0.25, 0.3) is 0 Å². The van der Waals surface area contributed by atoms with E-state index in [9.17, 15) is 8.42 Å². The summed E-state index contributed by atoms with van der Waals surface area (Å²) in [4.78, 5) is 0. The number of nitrogens with one attached hydrogen (secondary N) is 1. The molecule has 1 unspecified atom stereocenters. The number of benzene rings is 1. The quantitative estimate of drug-likeness (QED) is 0.906. The molecule has 0 bridgehead atoms. The molecule has 0 aliphatic heterocycles. The van der Waals surface area contributed by atoms with Gasteiger partial charge in [0.15, 0.2) is 0 Å². The lowest BCUT2D eigenvalue weighted by Gasteiger charge is -2.31. The summed E-state index contributed by atoms with van der Waals surface area (Å²) < 4.78 is 29.2. The number of nitriles is 1. The van der Waals surface area contributed by atoms with Crippen LogP contribution in [0, 0.1) is 11.3 Å². The zero-order valence-electron chi connectivity index (χ0n) is 13.1. The van der Waals surface area contributed by atoms with Gasteiger partial charge in [-0.2, -0.15) is 22.7 Å². The average molecular weight is 321 g/mol. The van der Waals surface area contributed by atoms with E-state index in [0.717, 1.165) is 31.2 Å². The molecular formula is C16H23N3O2S. The molecule has 6 heteroatoms. The van der Waals surface area contributed by atoms with Gasteiger partial charge in [-0.25, -0.2) is 0 Å². The Morgan fingerprint density at radius 1 is 1.23 bits per heavy atom. The third-order valence-electron chi connectivity index (χ3n) is 4.33. The van der Waals surface area contributed by atoms with Crippen molar-refractivity contribution in [1.82, 2.24) is 9.03 Å². The Morgan fingerprint density at radius 2 is 1.82 bits per heavy atom. The Balaban J connectivity index is 2.04. The minimum absolute atomic E-state index is 0.0967. The van der Waals surface area contributed by atoms with Crippen LogP contribution in [0.5, 0.6) is 0 Å². The van der Waals surface area contributed by atoms with Gasteiger partial charge in [-0.3, -0.25) is 0 Å². The number of nitrogens with zero attached hydrogens (tertiary/aromatic N) is 2. The van der Waals surface area contributed by atoms with Crippen LogP contribution in [0.1, 0.15) is 56.2 Å². The van der Waals surface area contributed by atoms with Crippen LogP contribution >= 0.6 is 0 Å². The Kier molecular flexibility index (Phi) is 5.57. The van der Waals surface area contributed by atoms with Gasteiger partial charge in [-0.1, -0.05) is 31.4 Å². The molecule has 1 saturated carbocycles. The number of hydrogen-bond acceptors (Lipinski definition) is 3. The summed E-state index contributed by atoms with van der Waals surface area (Å²) in [5, 5.41) is 8.80. The second kappa shape index (κ2) is 7.23. The summed E-state index contributed by atoms with van der Waals surface area (Å²) in [6.07, 6.45) is 5.25. The maximum Gasteiger partial charge on any atom is 0.279 e. The van der Waals surface area contributed by atoms with E-state index in [-0.39, 0.29) is 12.1 Å². The molecule has 1 aliphatic rings. The van der Waals surface area contributed by atoms with Gasteiger partial charge < -0.3 is 0 Å². The van der Waals surface area contributed by atoms with Crippen molar-refractivity contribution in [3.8, 4) is 6.07 Å². The molecule has 1 aromatic carbocycles. The van der Waals surface area contributed by atoms with Crippen LogP contribution in [0.4, 0.5) is 0 Å². The van der Waals surface area contributed by atoms with E-state index in [4.69, 9.17) is 5.26 Å². The van der Waals surface area contributed by atoms with Gasteiger partial charge >= 0.3 is 0 Å². The lowest BCUT2D eigenvalue weighted by Crippen LogP contribution is -2.45.